The number of ether oxygens (including phenoxy) is 3. The lowest BCUT2D eigenvalue weighted by molar-refractivity contribution is -0.134. The van der Waals surface area contributed by atoms with Crippen LogP contribution in [-0.4, -0.2) is 81.1 Å². The zero-order chi connectivity index (χ0) is 42.2. The highest BCUT2D eigenvalue weighted by atomic mass is 35.5. The van der Waals surface area contributed by atoms with Gasteiger partial charge in [0.15, 0.2) is 5.82 Å². The summed E-state index contributed by atoms with van der Waals surface area (Å²) in [6, 6.07) is 11.6. The summed E-state index contributed by atoms with van der Waals surface area (Å²) in [5, 5.41) is 45.7. The number of fused-ring (bicyclic) bond motifs is 1. The highest BCUT2D eigenvalue weighted by molar-refractivity contribution is 7.47. The van der Waals surface area contributed by atoms with Crippen molar-refractivity contribution in [1.29, 1.82) is 10.5 Å². The van der Waals surface area contributed by atoms with E-state index >= 15 is 0 Å². The van der Waals surface area contributed by atoms with Gasteiger partial charge in [-0.2, -0.15) is 15.6 Å². The molecule has 15 nitrogen and oxygen atoms in total. The lowest BCUT2D eigenvalue weighted by atomic mass is 9.93. The van der Waals surface area contributed by atoms with E-state index in [-0.39, 0.29) is 29.7 Å². The third-order valence-corrected chi connectivity index (χ3v) is 11.3. The number of benzene rings is 1. The molecule has 0 aliphatic rings. The van der Waals surface area contributed by atoms with Crippen molar-refractivity contribution in [3.8, 4) is 12.1 Å². The van der Waals surface area contributed by atoms with Crippen molar-refractivity contribution >= 4 is 30.8 Å². The Hall–Kier alpha value is -3.18. The second-order valence-corrected chi connectivity index (χ2v) is 16.4. The van der Waals surface area contributed by atoms with Crippen LogP contribution in [0, 0.1) is 22.7 Å². The van der Waals surface area contributed by atoms with Crippen LogP contribution < -0.4 is 5.73 Å². The van der Waals surface area contributed by atoms with Gasteiger partial charge in [-0.3, -0.25) is 9.05 Å². The summed E-state index contributed by atoms with van der Waals surface area (Å²) in [5.74, 6) is 0.122. The van der Waals surface area contributed by atoms with E-state index in [1.54, 1.807) is 24.3 Å². The molecular weight excluding hydrogens is 787 g/mol. The Labute approximate surface area is 348 Å². The second-order valence-electron chi connectivity index (χ2n) is 14.6. The van der Waals surface area contributed by atoms with Gasteiger partial charge >= 0.3 is 7.82 Å². The van der Waals surface area contributed by atoms with Crippen LogP contribution in [-0.2, 0) is 34.4 Å². The Balaban J connectivity index is 1.45. The number of phosphoric ester groups is 1. The Morgan fingerprint density at radius 1 is 0.914 bits per heavy atom. The number of aliphatic hydroxyl groups excluding tert-OH is 2. The third kappa shape index (κ3) is 16.5. The molecule has 0 saturated carbocycles. The van der Waals surface area contributed by atoms with Crippen molar-refractivity contribution in [1.82, 2.24) is 14.6 Å². The number of unbranched alkanes of at least 4 members (excludes halogenated alkanes) is 15. The molecule has 0 aliphatic heterocycles. The van der Waals surface area contributed by atoms with Gasteiger partial charge in [-0.15, -0.1) is 0 Å². The summed E-state index contributed by atoms with van der Waals surface area (Å²) in [6.45, 7) is 1.39. The van der Waals surface area contributed by atoms with Crippen LogP contribution >= 0.6 is 19.4 Å². The van der Waals surface area contributed by atoms with Crippen molar-refractivity contribution in [3.63, 3.8) is 0 Å². The molecule has 0 aliphatic carbocycles. The van der Waals surface area contributed by atoms with Crippen LogP contribution in [0.15, 0.2) is 36.7 Å². The van der Waals surface area contributed by atoms with Crippen molar-refractivity contribution in [2.75, 3.05) is 39.3 Å². The number of halogens is 1. The summed E-state index contributed by atoms with van der Waals surface area (Å²) in [6.07, 6.45) is 16.8. The molecule has 17 heteroatoms. The van der Waals surface area contributed by atoms with Crippen molar-refractivity contribution in [2.24, 2.45) is 0 Å². The van der Waals surface area contributed by atoms with Gasteiger partial charge in [-0.25, -0.2) is 14.1 Å². The van der Waals surface area contributed by atoms with Crippen LogP contribution in [0.25, 0.3) is 5.52 Å². The van der Waals surface area contributed by atoms with E-state index < -0.39 is 44.9 Å². The van der Waals surface area contributed by atoms with Gasteiger partial charge in [-0.1, -0.05) is 121 Å². The first-order chi connectivity index (χ1) is 28.0. The maximum atomic E-state index is 13.1. The Morgan fingerprint density at radius 2 is 1.53 bits per heavy atom. The average Bonchev–Trinajstić information content (AvgIpc) is 3.67. The Kier molecular flexibility index (Phi) is 22.7. The number of nitriles is 2. The Bertz CT molecular complexity index is 1770. The zero-order valence-corrected chi connectivity index (χ0v) is 35.6. The lowest BCUT2D eigenvalue weighted by Gasteiger charge is -2.33. The molecule has 2 heterocycles. The quantitative estimate of drug-likeness (QED) is 0.0344. The number of anilines is 1. The fourth-order valence-corrected chi connectivity index (χ4v) is 7.51. The Morgan fingerprint density at radius 3 is 2.10 bits per heavy atom. The molecule has 0 saturated heterocycles. The lowest BCUT2D eigenvalue weighted by Crippen LogP contribution is -2.50. The van der Waals surface area contributed by atoms with Gasteiger partial charge in [0.1, 0.15) is 48.9 Å². The highest BCUT2D eigenvalue weighted by Crippen LogP contribution is 2.45. The van der Waals surface area contributed by atoms with Crippen LogP contribution in [0.5, 0.6) is 0 Å². The topological polar surface area (TPSA) is 228 Å². The average molecular weight is 849 g/mol. The van der Waals surface area contributed by atoms with Crippen molar-refractivity contribution < 1.29 is 42.9 Å². The number of aromatic nitrogens is 3. The summed E-state index contributed by atoms with van der Waals surface area (Å²) in [7, 11) is -3.81. The van der Waals surface area contributed by atoms with Crippen LogP contribution in [0.2, 0.25) is 5.02 Å². The molecule has 0 bridgehead atoms. The molecular formula is C41H62ClN6O9P. The van der Waals surface area contributed by atoms with Gasteiger partial charge < -0.3 is 35.1 Å². The maximum absolute atomic E-state index is 13.1. The molecule has 5 N–H and O–H groups in total. The first-order valence-electron chi connectivity index (χ1n) is 20.4. The number of hydrogen-bond acceptors (Lipinski definition) is 13. The summed E-state index contributed by atoms with van der Waals surface area (Å²) in [4.78, 5) is 14.5. The van der Waals surface area contributed by atoms with Crippen LogP contribution in [0.3, 0.4) is 0 Å². The minimum Gasteiger partial charge on any atom is -0.386 e. The molecule has 322 valence electrons. The van der Waals surface area contributed by atoms with Gasteiger partial charge in [0.05, 0.1) is 36.1 Å². The van der Waals surface area contributed by atoms with E-state index in [0.717, 1.165) is 32.7 Å². The zero-order valence-electron chi connectivity index (χ0n) is 34.0. The van der Waals surface area contributed by atoms with Gasteiger partial charge in [0.25, 0.3) is 0 Å². The molecule has 0 amide bonds. The van der Waals surface area contributed by atoms with E-state index in [4.69, 9.17) is 40.6 Å². The normalized spacial score (nSPS) is 15.3. The standard InChI is InChI=1S/C41H62ClN6O9P/c1-3-4-5-6-7-8-9-10-11-12-13-14-15-16-17-18-23-54-27-34(55-26-32-19-20-33(25-43)35(42)24-32)28-56-58(51,52)57-30-41(29-44,53-2)39(50)38(49)36-21-22-37-40(45)46-31-47-48(36)37/h19-22,24,31,34,38-39,49-50H,3-18,23,26-28,30H2,1-2H3,(H,51,52)(H2,45,46,47)/t34-,38+,39+,41-/m1/s1. The molecule has 3 aromatic rings. The number of nitrogens with zero attached hydrogens (tertiary/aromatic N) is 5. The highest BCUT2D eigenvalue weighted by Gasteiger charge is 2.46. The SMILES string of the molecule is CCCCCCCCCCCCCCCCCCOC[C@H](COP(=O)(O)OC[C@@](C#N)(OC)[C@@H](O)[C@@H](O)c1ccc2c(N)ncnn12)OCc1ccc(C#N)c(Cl)c1. The fraction of sp³-hybridized carbons (Fsp3) is 0.659. The second kappa shape index (κ2) is 26.8. The van der Waals surface area contributed by atoms with E-state index in [1.807, 2.05) is 6.07 Å². The third-order valence-electron chi connectivity index (χ3n) is 10.1. The maximum Gasteiger partial charge on any atom is 0.472 e. The number of phosphoric acid groups is 1. The largest absolute Gasteiger partial charge is 0.472 e. The number of aliphatic hydroxyl groups is 2. The molecule has 1 unspecified atom stereocenters. The number of nitrogens with two attached hydrogens (primary N) is 1. The first-order valence-corrected chi connectivity index (χ1v) is 22.3. The van der Waals surface area contributed by atoms with Gasteiger partial charge in [0.2, 0.25) is 5.60 Å². The molecule has 1 aromatic carbocycles. The summed E-state index contributed by atoms with van der Waals surface area (Å²) >= 11 is 6.19. The number of methoxy groups -OCH3 is 1. The molecule has 0 radical (unpaired) electrons. The van der Waals surface area contributed by atoms with E-state index in [9.17, 15) is 30.2 Å². The minimum atomic E-state index is -4.90. The molecule has 2 aromatic heterocycles. The molecule has 58 heavy (non-hydrogen) atoms. The van der Waals surface area contributed by atoms with Crippen molar-refractivity contribution in [3.05, 3.63) is 58.5 Å². The van der Waals surface area contributed by atoms with Crippen LogP contribution in [0.1, 0.15) is 133 Å². The van der Waals surface area contributed by atoms with E-state index in [1.165, 1.54) is 100 Å². The first kappa shape index (κ1) is 49.2. The van der Waals surface area contributed by atoms with Crippen molar-refractivity contribution in [2.45, 2.75) is 140 Å². The van der Waals surface area contributed by atoms with E-state index in [2.05, 4.69) is 17.0 Å². The van der Waals surface area contributed by atoms with Gasteiger partial charge in [0, 0.05) is 13.7 Å². The minimum absolute atomic E-state index is 0.0349. The molecule has 0 fully saturated rings. The number of hydrogen-bond donors (Lipinski definition) is 4. The summed E-state index contributed by atoms with van der Waals surface area (Å²) < 4.78 is 41.8. The number of rotatable bonds is 32. The predicted octanol–water partition coefficient (Wildman–Crippen LogP) is 8.14. The molecule has 5 atom stereocenters. The fourth-order valence-electron chi connectivity index (χ4n) is 6.48. The summed E-state index contributed by atoms with van der Waals surface area (Å²) in [5.41, 5.74) is 4.93. The predicted molar refractivity (Wildman–Crippen MR) is 221 cm³/mol. The molecule has 3 rings (SSSR count). The number of nitrogen functional groups attached to an aromatic ring is 1. The van der Waals surface area contributed by atoms with E-state index in [0.29, 0.717) is 23.3 Å². The monoisotopic (exact) mass is 848 g/mol. The smallest absolute Gasteiger partial charge is 0.386 e. The molecule has 0 spiro atoms. The van der Waals surface area contributed by atoms with Gasteiger partial charge in [-0.05, 0) is 36.2 Å². The van der Waals surface area contributed by atoms with Crippen LogP contribution in [0.4, 0.5) is 5.82 Å².